The lowest BCUT2D eigenvalue weighted by atomic mass is 10.0. The summed E-state index contributed by atoms with van der Waals surface area (Å²) in [5, 5.41) is 9.90. The second kappa shape index (κ2) is 6.57. The summed E-state index contributed by atoms with van der Waals surface area (Å²) < 4.78 is 0. The molecule has 3 N–H and O–H groups in total. The monoisotopic (exact) mass is 261 g/mol. The fraction of sp³-hybridized carbons (Fsp3) is 0.533. The Morgan fingerprint density at radius 2 is 2.00 bits per heavy atom. The Bertz CT molecular complexity index is 439. The van der Waals surface area contributed by atoms with Crippen molar-refractivity contribution in [3.8, 4) is 0 Å². The molecule has 1 saturated heterocycles. The molecule has 1 amide bonds. The van der Waals surface area contributed by atoms with Gasteiger partial charge < -0.3 is 16.0 Å². The quantitative estimate of drug-likeness (QED) is 0.780. The number of benzene rings is 1. The summed E-state index contributed by atoms with van der Waals surface area (Å²) in [6.07, 6.45) is 2.79. The third-order valence-corrected chi connectivity index (χ3v) is 3.63. The first-order chi connectivity index (χ1) is 9.20. The number of hydrogen-bond acceptors (Lipinski definition) is 3. The highest BCUT2D eigenvalue weighted by Crippen LogP contribution is 2.25. The van der Waals surface area contributed by atoms with Gasteiger partial charge in [-0.3, -0.25) is 4.79 Å². The lowest BCUT2D eigenvalue weighted by molar-refractivity contribution is -0.115. The Balaban J connectivity index is 2.07. The van der Waals surface area contributed by atoms with E-state index in [9.17, 15) is 4.79 Å². The van der Waals surface area contributed by atoms with Crippen molar-refractivity contribution in [1.82, 2.24) is 5.32 Å². The van der Waals surface area contributed by atoms with Crippen LogP contribution < -0.4 is 16.0 Å². The van der Waals surface area contributed by atoms with E-state index in [0.717, 1.165) is 42.9 Å². The molecule has 1 heterocycles. The lowest BCUT2D eigenvalue weighted by Gasteiger charge is -2.26. The summed E-state index contributed by atoms with van der Waals surface area (Å²) in [5.41, 5.74) is 3.15. The Kier molecular flexibility index (Phi) is 4.80. The van der Waals surface area contributed by atoms with Crippen molar-refractivity contribution in [1.29, 1.82) is 0 Å². The predicted octanol–water partition coefficient (Wildman–Crippen LogP) is 2.51. The maximum atomic E-state index is 11.5. The number of piperidine rings is 1. The van der Waals surface area contributed by atoms with Crippen LogP contribution in [0.2, 0.25) is 0 Å². The van der Waals surface area contributed by atoms with Crippen LogP contribution in [-0.2, 0) is 4.79 Å². The molecular formula is C15H23N3O. The number of anilines is 2. The molecule has 1 aromatic rings. The van der Waals surface area contributed by atoms with E-state index in [-0.39, 0.29) is 5.91 Å². The average Bonchev–Trinajstić information content (AvgIpc) is 2.44. The van der Waals surface area contributed by atoms with Crippen LogP contribution in [0.4, 0.5) is 11.4 Å². The normalized spacial score (nSPS) is 16.1. The standard InChI is InChI=1S/C15H23N3O/c1-3-15(19)18-14-6-4-5-13(11(14)2)17-12-7-9-16-10-8-12/h4-6,12,16-17H,3,7-10H2,1-2H3,(H,18,19). The van der Waals surface area contributed by atoms with Gasteiger partial charge in [-0.05, 0) is 50.6 Å². The molecule has 4 heteroatoms. The van der Waals surface area contributed by atoms with Gasteiger partial charge in [0.2, 0.25) is 5.91 Å². The maximum absolute atomic E-state index is 11.5. The third kappa shape index (κ3) is 3.70. The summed E-state index contributed by atoms with van der Waals surface area (Å²) in [4.78, 5) is 11.5. The summed E-state index contributed by atoms with van der Waals surface area (Å²) in [7, 11) is 0. The molecule has 0 bridgehead atoms. The van der Waals surface area contributed by atoms with Gasteiger partial charge in [0.05, 0.1) is 0 Å². The summed E-state index contributed by atoms with van der Waals surface area (Å²) in [6.45, 7) is 6.06. The fourth-order valence-corrected chi connectivity index (χ4v) is 2.35. The van der Waals surface area contributed by atoms with Crippen LogP contribution in [0.15, 0.2) is 18.2 Å². The summed E-state index contributed by atoms with van der Waals surface area (Å²) in [6, 6.07) is 6.55. The molecule has 104 valence electrons. The zero-order valence-electron chi connectivity index (χ0n) is 11.8. The first-order valence-corrected chi connectivity index (χ1v) is 7.07. The molecular weight excluding hydrogens is 238 g/mol. The minimum absolute atomic E-state index is 0.0575. The molecule has 19 heavy (non-hydrogen) atoms. The molecule has 0 unspecified atom stereocenters. The van der Waals surface area contributed by atoms with Crippen LogP contribution in [0.3, 0.4) is 0 Å². The summed E-state index contributed by atoms with van der Waals surface area (Å²) >= 11 is 0. The van der Waals surface area contributed by atoms with Crippen LogP contribution in [0.1, 0.15) is 31.7 Å². The highest BCUT2D eigenvalue weighted by molar-refractivity contribution is 5.92. The minimum Gasteiger partial charge on any atom is -0.382 e. The number of nitrogens with one attached hydrogen (secondary N) is 3. The molecule has 0 aliphatic carbocycles. The van der Waals surface area contributed by atoms with Crippen LogP contribution in [0.25, 0.3) is 0 Å². The van der Waals surface area contributed by atoms with Crippen molar-refractivity contribution in [3.05, 3.63) is 23.8 Å². The van der Waals surface area contributed by atoms with Gasteiger partial charge >= 0.3 is 0 Å². The molecule has 0 spiro atoms. The Hall–Kier alpha value is -1.55. The largest absolute Gasteiger partial charge is 0.382 e. The van der Waals surface area contributed by atoms with E-state index in [1.54, 1.807) is 0 Å². The van der Waals surface area contributed by atoms with Crippen LogP contribution >= 0.6 is 0 Å². The van der Waals surface area contributed by atoms with Crippen LogP contribution in [-0.4, -0.2) is 25.0 Å². The molecule has 1 aliphatic rings. The zero-order valence-corrected chi connectivity index (χ0v) is 11.8. The first kappa shape index (κ1) is 13.9. The van der Waals surface area contributed by atoms with Gasteiger partial charge in [-0.1, -0.05) is 13.0 Å². The van der Waals surface area contributed by atoms with Crippen molar-refractivity contribution >= 4 is 17.3 Å². The first-order valence-electron chi connectivity index (χ1n) is 7.07. The van der Waals surface area contributed by atoms with Crippen molar-refractivity contribution in [2.75, 3.05) is 23.7 Å². The van der Waals surface area contributed by atoms with Crippen LogP contribution in [0, 0.1) is 6.92 Å². The topological polar surface area (TPSA) is 53.2 Å². The smallest absolute Gasteiger partial charge is 0.224 e. The van der Waals surface area contributed by atoms with E-state index in [4.69, 9.17) is 0 Å². The molecule has 1 fully saturated rings. The number of hydrogen-bond donors (Lipinski definition) is 3. The second-order valence-electron chi connectivity index (χ2n) is 5.05. The van der Waals surface area contributed by atoms with Crippen molar-refractivity contribution in [2.45, 2.75) is 39.2 Å². The molecule has 4 nitrogen and oxygen atoms in total. The van der Waals surface area contributed by atoms with Gasteiger partial charge in [0.15, 0.2) is 0 Å². The Labute approximate surface area is 115 Å². The van der Waals surface area contributed by atoms with Gasteiger partial charge in [0.25, 0.3) is 0 Å². The second-order valence-corrected chi connectivity index (χ2v) is 5.05. The molecule has 2 rings (SSSR count). The Morgan fingerprint density at radius 3 is 2.68 bits per heavy atom. The molecule has 0 radical (unpaired) electrons. The highest BCUT2D eigenvalue weighted by Gasteiger charge is 2.14. The van der Waals surface area contributed by atoms with E-state index < -0.39 is 0 Å². The van der Waals surface area contributed by atoms with E-state index in [0.29, 0.717) is 12.5 Å². The molecule has 0 aromatic heterocycles. The SMILES string of the molecule is CCC(=O)Nc1cccc(NC2CCNCC2)c1C. The van der Waals surface area contributed by atoms with Crippen molar-refractivity contribution in [2.24, 2.45) is 0 Å². The van der Waals surface area contributed by atoms with Crippen molar-refractivity contribution in [3.63, 3.8) is 0 Å². The lowest BCUT2D eigenvalue weighted by Crippen LogP contribution is -2.35. The van der Waals surface area contributed by atoms with E-state index in [1.165, 1.54) is 0 Å². The molecule has 1 aliphatic heterocycles. The van der Waals surface area contributed by atoms with Gasteiger partial charge in [0, 0.05) is 23.8 Å². The van der Waals surface area contributed by atoms with Crippen molar-refractivity contribution < 1.29 is 4.79 Å². The van der Waals surface area contributed by atoms with E-state index in [1.807, 2.05) is 19.1 Å². The van der Waals surface area contributed by atoms with E-state index >= 15 is 0 Å². The Morgan fingerprint density at radius 1 is 1.32 bits per heavy atom. The minimum atomic E-state index is 0.0575. The van der Waals surface area contributed by atoms with Gasteiger partial charge in [-0.25, -0.2) is 0 Å². The van der Waals surface area contributed by atoms with Crippen LogP contribution in [0.5, 0.6) is 0 Å². The summed E-state index contributed by atoms with van der Waals surface area (Å²) in [5.74, 6) is 0.0575. The van der Waals surface area contributed by atoms with E-state index in [2.05, 4.69) is 28.9 Å². The van der Waals surface area contributed by atoms with Gasteiger partial charge in [-0.2, -0.15) is 0 Å². The zero-order chi connectivity index (χ0) is 13.7. The molecule has 0 saturated carbocycles. The maximum Gasteiger partial charge on any atom is 0.224 e. The molecule has 0 atom stereocenters. The van der Waals surface area contributed by atoms with Gasteiger partial charge in [-0.15, -0.1) is 0 Å². The third-order valence-electron chi connectivity index (χ3n) is 3.63. The number of rotatable bonds is 4. The highest BCUT2D eigenvalue weighted by atomic mass is 16.1. The predicted molar refractivity (Wildman–Crippen MR) is 79.6 cm³/mol. The van der Waals surface area contributed by atoms with Gasteiger partial charge in [0.1, 0.15) is 0 Å². The number of carbonyl (C=O) groups excluding carboxylic acids is 1. The number of amides is 1. The molecule has 1 aromatic carbocycles. The number of carbonyl (C=O) groups is 1. The fourth-order valence-electron chi connectivity index (χ4n) is 2.35. The average molecular weight is 261 g/mol.